The van der Waals surface area contributed by atoms with Crippen LogP contribution >= 0.6 is 0 Å². The summed E-state index contributed by atoms with van der Waals surface area (Å²) in [5.41, 5.74) is 2.09. The molecule has 8 heteroatoms. The van der Waals surface area contributed by atoms with Gasteiger partial charge in [0, 0.05) is 37.8 Å². The normalized spacial score (nSPS) is 15.1. The Morgan fingerprint density at radius 2 is 1.70 bits per heavy atom. The summed E-state index contributed by atoms with van der Waals surface area (Å²) < 4.78 is 27.1. The number of rotatable bonds is 4. The molecule has 0 spiro atoms. The van der Waals surface area contributed by atoms with E-state index in [1.54, 1.807) is 11.1 Å². The third-order valence-corrected chi connectivity index (χ3v) is 7.18. The Labute approximate surface area is 175 Å². The van der Waals surface area contributed by atoms with Crippen molar-refractivity contribution in [3.8, 4) is 6.07 Å². The second-order valence-electron chi connectivity index (χ2n) is 7.09. The molecule has 1 amide bonds. The highest BCUT2D eigenvalue weighted by molar-refractivity contribution is 7.89. The van der Waals surface area contributed by atoms with E-state index in [9.17, 15) is 13.2 Å². The van der Waals surface area contributed by atoms with Gasteiger partial charge in [-0.2, -0.15) is 9.57 Å². The maximum atomic E-state index is 12.8. The van der Waals surface area contributed by atoms with Gasteiger partial charge in [0.25, 0.3) is 0 Å². The highest BCUT2D eigenvalue weighted by Crippen LogP contribution is 2.20. The van der Waals surface area contributed by atoms with Crippen LogP contribution in [0, 0.1) is 11.3 Å². The monoisotopic (exact) mass is 420 g/mol. The number of amides is 1. The van der Waals surface area contributed by atoms with Gasteiger partial charge in [-0.25, -0.2) is 8.42 Å². The first-order valence-corrected chi connectivity index (χ1v) is 11.0. The molecule has 1 aliphatic rings. The van der Waals surface area contributed by atoms with E-state index in [1.165, 1.54) is 28.6 Å². The van der Waals surface area contributed by atoms with Gasteiger partial charge >= 0.3 is 0 Å². The summed E-state index contributed by atoms with van der Waals surface area (Å²) >= 11 is 0. The lowest BCUT2D eigenvalue weighted by Crippen LogP contribution is -2.50. The van der Waals surface area contributed by atoms with Crippen LogP contribution in [0.15, 0.2) is 65.7 Å². The third kappa shape index (κ3) is 3.90. The highest BCUT2D eigenvalue weighted by Gasteiger charge is 2.30. The zero-order chi connectivity index (χ0) is 21.1. The number of carbonyl (C=O) groups excluding carboxylic acids is 1. The number of fused-ring (bicyclic) bond motifs is 1. The first-order chi connectivity index (χ1) is 14.5. The van der Waals surface area contributed by atoms with Gasteiger partial charge in [-0.15, -0.1) is 0 Å². The van der Waals surface area contributed by atoms with Crippen LogP contribution in [0.4, 0.5) is 0 Å². The molecule has 152 valence electrons. The molecule has 0 aliphatic carbocycles. The Kier molecular flexibility index (Phi) is 5.48. The van der Waals surface area contributed by atoms with Gasteiger partial charge in [-0.1, -0.05) is 24.3 Å². The number of nitriles is 1. The molecule has 4 rings (SSSR count). The quantitative estimate of drug-likeness (QED) is 0.645. The van der Waals surface area contributed by atoms with Crippen molar-refractivity contribution in [1.82, 2.24) is 14.2 Å². The molecule has 2 aromatic carbocycles. The Morgan fingerprint density at radius 3 is 2.40 bits per heavy atom. The molecule has 0 N–H and O–H groups in total. The number of sulfonamides is 1. The van der Waals surface area contributed by atoms with E-state index in [4.69, 9.17) is 5.26 Å². The maximum Gasteiger partial charge on any atom is 0.243 e. The molecule has 0 unspecified atom stereocenters. The molecule has 7 nitrogen and oxygen atoms in total. The molecule has 1 aliphatic heterocycles. The second kappa shape index (κ2) is 8.22. The SMILES string of the molecule is N#Cc1ccc(S(=O)(=O)N2CCN(C(=O)Cc3cccc4cccnc34)CC2)cc1. The van der Waals surface area contributed by atoms with Crippen LogP contribution in [-0.4, -0.2) is 54.7 Å². The summed E-state index contributed by atoms with van der Waals surface area (Å²) in [6.07, 6.45) is 1.94. The number of piperazine rings is 1. The number of hydrogen-bond acceptors (Lipinski definition) is 5. The summed E-state index contributed by atoms with van der Waals surface area (Å²) in [6.45, 7) is 1.16. The molecule has 0 bridgehead atoms. The van der Waals surface area contributed by atoms with Gasteiger partial charge < -0.3 is 4.90 Å². The Balaban J connectivity index is 1.42. The minimum absolute atomic E-state index is 0.0384. The number of nitrogens with zero attached hydrogens (tertiary/aromatic N) is 4. The average molecular weight is 420 g/mol. The molecular formula is C22H20N4O3S. The Bertz CT molecular complexity index is 1220. The number of carbonyl (C=O) groups is 1. The van der Waals surface area contributed by atoms with Crippen molar-refractivity contribution in [2.24, 2.45) is 0 Å². The molecule has 1 saturated heterocycles. The third-order valence-electron chi connectivity index (χ3n) is 5.27. The van der Waals surface area contributed by atoms with Crippen molar-refractivity contribution < 1.29 is 13.2 Å². The van der Waals surface area contributed by atoms with E-state index in [1.807, 2.05) is 36.4 Å². The minimum Gasteiger partial charge on any atom is -0.340 e. The van der Waals surface area contributed by atoms with Gasteiger partial charge in [-0.05, 0) is 35.9 Å². The van der Waals surface area contributed by atoms with Crippen LogP contribution in [0.1, 0.15) is 11.1 Å². The van der Waals surface area contributed by atoms with E-state index < -0.39 is 10.0 Å². The van der Waals surface area contributed by atoms with Crippen molar-refractivity contribution in [2.45, 2.75) is 11.3 Å². The van der Waals surface area contributed by atoms with Crippen LogP contribution in [0.2, 0.25) is 0 Å². The fourth-order valence-electron chi connectivity index (χ4n) is 3.61. The minimum atomic E-state index is -3.65. The van der Waals surface area contributed by atoms with Crippen LogP contribution in [-0.2, 0) is 21.2 Å². The van der Waals surface area contributed by atoms with Gasteiger partial charge in [0.15, 0.2) is 0 Å². The van der Waals surface area contributed by atoms with Crippen molar-refractivity contribution in [2.75, 3.05) is 26.2 Å². The van der Waals surface area contributed by atoms with Crippen LogP contribution < -0.4 is 0 Å². The van der Waals surface area contributed by atoms with Crippen LogP contribution in [0.25, 0.3) is 10.9 Å². The maximum absolute atomic E-state index is 12.8. The zero-order valence-corrected chi connectivity index (χ0v) is 17.0. The molecule has 1 fully saturated rings. The Morgan fingerprint density at radius 1 is 1.00 bits per heavy atom. The number of benzene rings is 2. The molecule has 2 heterocycles. The van der Waals surface area contributed by atoms with E-state index >= 15 is 0 Å². The smallest absolute Gasteiger partial charge is 0.243 e. The zero-order valence-electron chi connectivity index (χ0n) is 16.2. The number of para-hydroxylation sites is 1. The topological polar surface area (TPSA) is 94.4 Å². The first-order valence-electron chi connectivity index (χ1n) is 9.60. The molecule has 30 heavy (non-hydrogen) atoms. The summed E-state index contributed by atoms with van der Waals surface area (Å²) in [5, 5.41) is 9.86. The van der Waals surface area contributed by atoms with Gasteiger partial charge in [-0.3, -0.25) is 9.78 Å². The van der Waals surface area contributed by atoms with Gasteiger partial charge in [0.1, 0.15) is 0 Å². The van der Waals surface area contributed by atoms with E-state index in [0.717, 1.165) is 16.5 Å². The van der Waals surface area contributed by atoms with Crippen LogP contribution in [0.5, 0.6) is 0 Å². The van der Waals surface area contributed by atoms with E-state index in [0.29, 0.717) is 18.7 Å². The van der Waals surface area contributed by atoms with Crippen molar-refractivity contribution in [3.05, 3.63) is 71.9 Å². The Hall–Kier alpha value is -3.28. The van der Waals surface area contributed by atoms with Gasteiger partial charge in [0.05, 0.1) is 28.5 Å². The molecule has 3 aromatic rings. The standard InChI is InChI=1S/C22H20N4O3S/c23-16-17-6-8-20(9-7-17)30(28,29)26-13-11-25(12-14-26)21(27)15-19-4-1-3-18-5-2-10-24-22(18)19/h1-10H,11-15H2. The van der Waals surface area contributed by atoms with Gasteiger partial charge in [0.2, 0.25) is 15.9 Å². The van der Waals surface area contributed by atoms with Crippen molar-refractivity contribution in [3.63, 3.8) is 0 Å². The molecule has 0 atom stereocenters. The first kappa shape index (κ1) is 20.0. The molecule has 1 aromatic heterocycles. The summed E-state index contributed by atoms with van der Waals surface area (Å²) in [6, 6.07) is 17.4. The highest BCUT2D eigenvalue weighted by atomic mass is 32.2. The summed E-state index contributed by atoms with van der Waals surface area (Å²) in [4.78, 5) is 19.1. The predicted molar refractivity (Wildman–Crippen MR) is 112 cm³/mol. The molecule has 0 saturated carbocycles. The molecule has 0 radical (unpaired) electrons. The lowest BCUT2D eigenvalue weighted by atomic mass is 10.1. The fraction of sp³-hybridized carbons (Fsp3) is 0.227. The van der Waals surface area contributed by atoms with E-state index in [2.05, 4.69) is 4.98 Å². The summed E-state index contributed by atoms with van der Waals surface area (Å²) in [7, 11) is -3.65. The van der Waals surface area contributed by atoms with Crippen LogP contribution in [0.3, 0.4) is 0 Å². The largest absolute Gasteiger partial charge is 0.340 e. The average Bonchev–Trinajstić information content (AvgIpc) is 2.79. The number of aromatic nitrogens is 1. The second-order valence-corrected chi connectivity index (χ2v) is 9.03. The van der Waals surface area contributed by atoms with Crippen molar-refractivity contribution in [1.29, 1.82) is 5.26 Å². The van der Waals surface area contributed by atoms with Crippen molar-refractivity contribution >= 4 is 26.8 Å². The number of hydrogen-bond donors (Lipinski definition) is 0. The fourth-order valence-corrected chi connectivity index (χ4v) is 5.04. The molecular weight excluding hydrogens is 400 g/mol. The predicted octanol–water partition coefficient (Wildman–Crippen LogP) is 2.18. The lowest BCUT2D eigenvalue weighted by molar-refractivity contribution is -0.131. The lowest BCUT2D eigenvalue weighted by Gasteiger charge is -2.34. The van der Waals surface area contributed by atoms with E-state index in [-0.39, 0.29) is 30.3 Å². The number of pyridine rings is 1. The summed E-state index contributed by atoms with van der Waals surface area (Å²) in [5.74, 6) is -0.0384.